The van der Waals surface area contributed by atoms with Gasteiger partial charge in [0, 0.05) is 22.7 Å². The van der Waals surface area contributed by atoms with Crippen LogP contribution in [0.15, 0.2) is 0 Å². The van der Waals surface area contributed by atoms with Gasteiger partial charge < -0.3 is 9.47 Å². The Morgan fingerprint density at radius 1 is 1.28 bits per heavy atom. The number of hydrogen-bond donors (Lipinski definition) is 0. The van der Waals surface area contributed by atoms with E-state index in [1.54, 1.807) is 0 Å². The third-order valence-corrected chi connectivity index (χ3v) is 5.19. The summed E-state index contributed by atoms with van der Waals surface area (Å²) in [5.74, 6) is 0.0368. The Balaban J connectivity index is 1.94. The zero-order chi connectivity index (χ0) is 13.1. The van der Waals surface area contributed by atoms with E-state index in [0.29, 0.717) is 13.2 Å². The molecular weight excluding hydrogens is 276 g/mol. The first-order chi connectivity index (χ1) is 8.49. The minimum atomic E-state index is -3.47. The van der Waals surface area contributed by atoms with E-state index >= 15 is 0 Å². The van der Waals surface area contributed by atoms with Gasteiger partial charge in [-0.25, -0.2) is 8.42 Å². The normalized spacial score (nSPS) is 28.4. The molecule has 1 aliphatic carbocycles. The molecule has 18 heavy (non-hydrogen) atoms. The van der Waals surface area contributed by atoms with E-state index in [9.17, 15) is 8.42 Å². The summed E-state index contributed by atoms with van der Waals surface area (Å²) in [6, 6.07) is 0. The Labute approximate surface area is 113 Å². The molecule has 0 spiro atoms. The van der Waals surface area contributed by atoms with Crippen molar-refractivity contribution < 1.29 is 17.9 Å². The van der Waals surface area contributed by atoms with Gasteiger partial charge in [0.2, 0.25) is 9.05 Å². The Morgan fingerprint density at radius 2 is 2.00 bits per heavy atom. The number of ether oxygens (including phenoxy) is 2. The summed E-state index contributed by atoms with van der Waals surface area (Å²) in [6.07, 6.45) is 6.13. The molecule has 2 rings (SSSR count). The molecule has 0 N–H and O–H groups in total. The smallest absolute Gasteiger partial charge is 0.233 e. The van der Waals surface area contributed by atoms with Crippen LogP contribution >= 0.6 is 10.7 Å². The van der Waals surface area contributed by atoms with Crippen molar-refractivity contribution in [2.24, 2.45) is 5.41 Å². The first kappa shape index (κ1) is 14.6. The minimum absolute atomic E-state index is 0.0368. The van der Waals surface area contributed by atoms with Crippen molar-refractivity contribution in [3.05, 3.63) is 0 Å². The maximum Gasteiger partial charge on any atom is 0.233 e. The van der Waals surface area contributed by atoms with Gasteiger partial charge in [0.1, 0.15) is 0 Å². The summed E-state index contributed by atoms with van der Waals surface area (Å²) >= 11 is 0. The lowest BCUT2D eigenvalue weighted by molar-refractivity contribution is -0.0185. The van der Waals surface area contributed by atoms with Crippen molar-refractivity contribution in [2.45, 2.75) is 44.6 Å². The first-order valence-electron chi connectivity index (χ1n) is 6.61. The SMILES string of the molecule is O=S(=O)(Cl)CC1(COC2CCOC2)CCCCC1. The molecule has 4 nitrogen and oxygen atoms in total. The molecular formula is C12H21ClO4S. The zero-order valence-corrected chi connectivity index (χ0v) is 12.1. The third-order valence-electron chi connectivity index (χ3n) is 3.91. The van der Waals surface area contributed by atoms with Crippen LogP contribution in [0.3, 0.4) is 0 Å². The maximum absolute atomic E-state index is 11.4. The molecule has 2 aliphatic rings. The van der Waals surface area contributed by atoms with Gasteiger partial charge in [0.25, 0.3) is 0 Å². The molecule has 0 radical (unpaired) electrons. The monoisotopic (exact) mass is 296 g/mol. The van der Waals surface area contributed by atoms with Crippen molar-refractivity contribution in [1.82, 2.24) is 0 Å². The summed E-state index contributed by atoms with van der Waals surface area (Å²) in [5, 5.41) is 0. The Hall–Kier alpha value is 0.160. The first-order valence-corrected chi connectivity index (χ1v) is 9.09. The molecule has 1 aliphatic heterocycles. The predicted octanol–water partition coefficient (Wildman–Crippen LogP) is 2.31. The molecule has 0 aromatic heterocycles. The summed E-state index contributed by atoms with van der Waals surface area (Å²) in [6.45, 7) is 1.86. The van der Waals surface area contributed by atoms with E-state index in [-0.39, 0.29) is 17.3 Å². The summed E-state index contributed by atoms with van der Waals surface area (Å²) in [4.78, 5) is 0. The molecule has 0 aromatic rings. The van der Waals surface area contributed by atoms with Crippen LogP contribution < -0.4 is 0 Å². The highest BCUT2D eigenvalue weighted by Crippen LogP contribution is 2.39. The van der Waals surface area contributed by atoms with Crippen LogP contribution in [0.1, 0.15) is 38.5 Å². The Morgan fingerprint density at radius 3 is 2.56 bits per heavy atom. The van der Waals surface area contributed by atoms with Crippen molar-refractivity contribution in [2.75, 3.05) is 25.6 Å². The fourth-order valence-electron chi connectivity index (χ4n) is 2.94. The summed E-state index contributed by atoms with van der Waals surface area (Å²) < 4.78 is 33.9. The lowest BCUT2D eigenvalue weighted by Crippen LogP contribution is -2.37. The molecule has 1 saturated heterocycles. The lowest BCUT2D eigenvalue weighted by atomic mass is 9.76. The summed E-state index contributed by atoms with van der Waals surface area (Å²) in [5.41, 5.74) is -0.276. The van der Waals surface area contributed by atoms with E-state index in [1.165, 1.54) is 6.42 Å². The van der Waals surface area contributed by atoms with Gasteiger partial charge in [-0.15, -0.1) is 0 Å². The van der Waals surface area contributed by atoms with Crippen molar-refractivity contribution in [3.63, 3.8) is 0 Å². The Kier molecular flexibility index (Phi) is 4.92. The molecule has 1 atom stereocenters. The topological polar surface area (TPSA) is 52.6 Å². The standard InChI is InChI=1S/C12H21ClO4S/c13-18(14,15)10-12(5-2-1-3-6-12)9-17-11-4-7-16-8-11/h11H,1-10H2. The van der Waals surface area contributed by atoms with E-state index in [0.717, 1.165) is 38.7 Å². The van der Waals surface area contributed by atoms with Gasteiger partial charge in [-0.1, -0.05) is 19.3 Å². The zero-order valence-electron chi connectivity index (χ0n) is 10.6. The van der Waals surface area contributed by atoms with Gasteiger partial charge in [-0.2, -0.15) is 0 Å². The van der Waals surface area contributed by atoms with Gasteiger partial charge >= 0.3 is 0 Å². The molecule has 1 heterocycles. The lowest BCUT2D eigenvalue weighted by Gasteiger charge is -2.36. The van der Waals surface area contributed by atoms with Gasteiger partial charge in [-0.3, -0.25) is 0 Å². The second-order valence-corrected chi connectivity index (χ2v) is 8.32. The third kappa shape index (κ3) is 4.37. The Bertz CT molecular complexity index is 356. The quantitative estimate of drug-likeness (QED) is 0.731. The number of hydrogen-bond acceptors (Lipinski definition) is 4. The molecule has 1 unspecified atom stereocenters. The van der Waals surface area contributed by atoms with Gasteiger partial charge in [0.15, 0.2) is 0 Å². The summed E-state index contributed by atoms with van der Waals surface area (Å²) in [7, 11) is 1.98. The van der Waals surface area contributed by atoms with Crippen molar-refractivity contribution in [3.8, 4) is 0 Å². The average Bonchev–Trinajstić information content (AvgIpc) is 2.78. The average molecular weight is 297 g/mol. The van der Waals surface area contributed by atoms with Crippen LogP contribution in [0.2, 0.25) is 0 Å². The minimum Gasteiger partial charge on any atom is -0.379 e. The fourth-order valence-corrected chi connectivity index (χ4v) is 4.73. The fraction of sp³-hybridized carbons (Fsp3) is 1.00. The predicted molar refractivity (Wildman–Crippen MR) is 70.3 cm³/mol. The largest absolute Gasteiger partial charge is 0.379 e. The second-order valence-electron chi connectivity index (χ2n) is 5.54. The molecule has 0 aromatic carbocycles. The van der Waals surface area contributed by atoms with Gasteiger partial charge in [0.05, 0.1) is 25.1 Å². The van der Waals surface area contributed by atoms with E-state index < -0.39 is 9.05 Å². The van der Waals surface area contributed by atoms with Crippen molar-refractivity contribution in [1.29, 1.82) is 0 Å². The van der Waals surface area contributed by atoms with Crippen molar-refractivity contribution >= 4 is 19.7 Å². The highest BCUT2D eigenvalue weighted by molar-refractivity contribution is 8.13. The van der Waals surface area contributed by atoms with Gasteiger partial charge in [-0.05, 0) is 19.3 Å². The van der Waals surface area contributed by atoms with Crippen LogP contribution in [-0.2, 0) is 18.5 Å². The molecule has 6 heteroatoms. The van der Waals surface area contributed by atoms with Crippen LogP contribution in [0.25, 0.3) is 0 Å². The van der Waals surface area contributed by atoms with Crippen LogP contribution in [0.5, 0.6) is 0 Å². The molecule has 1 saturated carbocycles. The number of rotatable bonds is 5. The second kappa shape index (κ2) is 6.07. The molecule has 0 amide bonds. The van der Waals surface area contributed by atoms with Crippen LogP contribution in [0, 0.1) is 5.41 Å². The van der Waals surface area contributed by atoms with E-state index in [4.69, 9.17) is 20.2 Å². The molecule has 106 valence electrons. The van der Waals surface area contributed by atoms with Crippen LogP contribution in [0.4, 0.5) is 0 Å². The molecule has 0 bridgehead atoms. The molecule has 2 fully saturated rings. The highest BCUT2D eigenvalue weighted by atomic mass is 35.7. The maximum atomic E-state index is 11.4. The van der Waals surface area contributed by atoms with Crippen LogP contribution in [-0.4, -0.2) is 40.1 Å². The highest BCUT2D eigenvalue weighted by Gasteiger charge is 2.37. The van der Waals surface area contributed by atoms with E-state index in [1.807, 2.05) is 0 Å². The van der Waals surface area contributed by atoms with E-state index in [2.05, 4.69) is 0 Å². The number of halogens is 1.